The Balaban J connectivity index is 1.37. The SMILES string of the molecule is Oc1c(-c2ccccc2)cc(-c2ccccc2)cc1-c1cc2ccccc2c(-c2c(OB(c3cc(C(F)(F)F)cc(C(F)(F)F)c3)c3cc(C(F)(F)F)cc(C(F)(F)F)c3)ccc3ccccc23)c1O. The number of phenolic OH excluding ortho intramolecular Hbond substituents is 2. The van der Waals surface area contributed by atoms with Crippen LogP contribution in [0.4, 0.5) is 52.7 Å². The fourth-order valence-electron chi connectivity index (χ4n) is 8.59. The monoisotopic (exact) mass is 966 g/mol. The zero-order chi connectivity index (χ0) is 49.9. The predicted molar refractivity (Wildman–Crippen MR) is 245 cm³/mol. The average Bonchev–Trinajstić information content (AvgIpc) is 3.32. The summed E-state index contributed by atoms with van der Waals surface area (Å²) < 4.78 is 179. The summed E-state index contributed by atoms with van der Waals surface area (Å²) >= 11 is 0. The van der Waals surface area contributed by atoms with Crippen molar-refractivity contribution in [1.82, 2.24) is 0 Å². The molecule has 0 saturated heterocycles. The van der Waals surface area contributed by atoms with E-state index in [1.54, 1.807) is 103 Å². The summed E-state index contributed by atoms with van der Waals surface area (Å²) in [5.74, 6) is -1.29. The molecule has 70 heavy (non-hydrogen) atoms. The molecule has 0 aromatic heterocycles. The van der Waals surface area contributed by atoms with Gasteiger partial charge in [-0.15, -0.1) is 0 Å². The molecule has 0 unspecified atom stereocenters. The summed E-state index contributed by atoms with van der Waals surface area (Å²) in [6, 6.07) is 38.5. The molecule has 2 N–H and O–H groups in total. The third-order valence-corrected chi connectivity index (χ3v) is 11.8. The van der Waals surface area contributed by atoms with Crippen molar-refractivity contribution in [1.29, 1.82) is 0 Å². The topological polar surface area (TPSA) is 49.7 Å². The number of aromatic hydroxyl groups is 2. The van der Waals surface area contributed by atoms with Crippen LogP contribution in [0.2, 0.25) is 0 Å². The van der Waals surface area contributed by atoms with Crippen molar-refractivity contribution in [3.8, 4) is 61.8 Å². The number of rotatable bonds is 8. The van der Waals surface area contributed by atoms with Crippen molar-refractivity contribution in [2.45, 2.75) is 24.7 Å². The molecule has 0 aliphatic carbocycles. The predicted octanol–water partition coefficient (Wildman–Crippen LogP) is 15.3. The summed E-state index contributed by atoms with van der Waals surface area (Å²) in [7, 11) is 0. The molecular formula is C54H31BF12O3. The number of halogens is 12. The lowest BCUT2D eigenvalue weighted by Gasteiger charge is -2.25. The maximum absolute atomic E-state index is 14.4. The van der Waals surface area contributed by atoms with Crippen molar-refractivity contribution < 1.29 is 67.6 Å². The van der Waals surface area contributed by atoms with Crippen LogP contribution in [0.15, 0.2) is 176 Å². The number of fused-ring (bicyclic) bond motifs is 2. The molecule has 0 aliphatic heterocycles. The molecule has 0 bridgehead atoms. The number of benzene rings is 9. The highest BCUT2D eigenvalue weighted by molar-refractivity contribution is 6.80. The Morgan fingerprint density at radius 2 is 0.757 bits per heavy atom. The van der Waals surface area contributed by atoms with E-state index in [2.05, 4.69) is 0 Å². The molecule has 0 radical (unpaired) electrons. The van der Waals surface area contributed by atoms with Gasteiger partial charge in [0.1, 0.15) is 17.2 Å². The Morgan fingerprint density at radius 1 is 0.343 bits per heavy atom. The molecule has 16 heteroatoms. The number of hydrogen-bond donors (Lipinski definition) is 2. The third kappa shape index (κ3) is 9.20. The summed E-state index contributed by atoms with van der Waals surface area (Å²) in [5.41, 5.74) is -7.64. The summed E-state index contributed by atoms with van der Waals surface area (Å²) in [5, 5.41) is 26.4. The first-order chi connectivity index (χ1) is 33.1. The number of alkyl halides is 12. The fraction of sp³-hybridized carbons (Fsp3) is 0.0741. The Hall–Kier alpha value is -7.88. The van der Waals surface area contributed by atoms with E-state index in [9.17, 15) is 62.9 Å². The van der Waals surface area contributed by atoms with Crippen LogP contribution in [-0.4, -0.2) is 17.1 Å². The second-order valence-electron chi connectivity index (χ2n) is 16.4. The Kier molecular flexibility index (Phi) is 11.9. The van der Waals surface area contributed by atoms with Gasteiger partial charge < -0.3 is 14.9 Å². The first-order valence-electron chi connectivity index (χ1n) is 21.1. The quantitative estimate of drug-likeness (QED) is 0.118. The molecule has 0 saturated carbocycles. The van der Waals surface area contributed by atoms with Gasteiger partial charge in [-0.1, -0.05) is 140 Å². The van der Waals surface area contributed by atoms with Gasteiger partial charge in [-0.3, -0.25) is 0 Å². The Morgan fingerprint density at radius 3 is 1.26 bits per heavy atom. The molecule has 9 aromatic rings. The van der Waals surface area contributed by atoms with E-state index >= 15 is 0 Å². The summed E-state index contributed by atoms with van der Waals surface area (Å²) in [4.78, 5) is 0. The fourth-order valence-corrected chi connectivity index (χ4v) is 8.59. The van der Waals surface area contributed by atoms with Gasteiger partial charge in [0.05, 0.1) is 22.3 Å². The Bertz CT molecular complexity index is 3300. The van der Waals surface area contributed by atoms with Gasteiger partial charge in [0.2, 0.25) is 0 Å². The van der Waals surface area contributed by atoms with Gasteiger partial charge in [0, 0.05) is 27.8 Å². The van der Waals surface area contributed by atoms with Gasteiger partial charge in [-0.2, -0.15) is 52.7 Å². The van der Waals surface area contributed by atoms with Crippen LogP contribution in [0, 0.1) is 0 Å². The maximum atomic E-state index is 14.4. The molecule has 0 heterocycles. The van der Waals surface area contributed by atoms with Crippen LogP contribution in [-0.2, 0) is 24.7 Å². The molecule has 0 spiro atoms. The van der Waals surface area contributed by atoms with Gasteiger partial charge in [-0.25, -0.2) is 0 Å². The smallest absolute Gasteiger partial charge is 0.426 e. The average molecular weight is 967 g/mol. The van der Waals surface area contributed by atoms with E-state index in [0.29, 0.717) is 27.5 Å². The minimum atomic E-state index is -5.49. The Labute approximate surface area is 390 Å². The highest BCUT2D eigenvalue weighted by Crippen LogP contribution is 2.52. The van der Waals surface area contributed by atoms with Crippen LogP contribution in [0.25, 0.3) is 66.1 Å². The molecular weight excluding hydrogens is 935 g/mol. The van der Waals surface area contributed by atoms with Crippen LogP contribution in [0.1, 0.15) is 22.3 Å². The molecule has 0 amide bonds. The van der Waals surface area contributed by atoms with Crippen LogP contribution >= 0.6 is 0 Å². The second-order valence-corrected chi connectivity index (χ2v) is 16.4. The molecule has 3 nitrogen and oxygen atoms in total. The largest absolute Gasteiger partial charge is 0.551 e. The van der Waals surface area contributed by atoms with E-state index in [1.807, 2.05) is 18.2 Å². The van der Waals surface area contributed by atoms with Crippen LogP contribution in [0.3, 0.4) is 0 Å². The molecule has 0 aliphatic rings. The summed E-state index contributed by atoms with van der Waals surface area (Å²) in [6.07, 6.45) is -22.0. The third-order valence-electron chi connectivity index (χ3n) is 11.8. The lowest BCUT2D eigenvalue weighted by molar-refractivity contribution is -0.144. The molecule has 9 aromatic carbocycles. The lowest BCUT2D eigenvalue weighted by Crippen LogP contribution is -2.49. The highest BCUT2D eigenvalue weighted by Gasteiger charge is 2.42. The second kappa shape index (κ2) is 17.6. The standard InChI is InChI=1S/C54H31BF12O3/c56-51(57,58)35-24-36(52(59,60)61)27-39(26-35)55(40-28-37(53(62,63)64)25-38(29-40)54(65,66)67)70-46-20-19-32-15-7-9-17-41(32)47(46)48-42-18-10-8-16-33(42)21-45(50(48)69)44-23-34(30-11-3-1-4-12-30)22-43(49(44)68)31-13-5-2-6-14-31/h1-29,68-69H. The molecule has 0 atom stereocenters. The first kappa shape index (κ1) is 47.2. The van der Waals surface area contributed by atoms with Crippen molar-refractivity contribution >= 4 is 39.4 Å². The molecule has 0 fully saturated rings. The van der Waals surface area contributed by atoms with Crippen molar-refractivity contribution in [2.24, 2.45) is 0 Å². The molecule has 9 rings (SSSR count). The van der Waals surface area contributed by atoms with Crippen LogP contribution < -0.4 is 15.6 Å². The van der Waals surface area contributed by atoms with E-state index < -0.39 is 76.3 Å². The minimum absolute atomic E-state index is 0.0250. The van der Waals surface area contributed by atoms with Gasteiger partial charge in [-0.05, 0) is 85.6 Å². The maximum Gasteiger partial charge on any atom is 0.426 e. The first-order valence-corrected chi connectivity index (χ1v) is 21.1. The van der Waals surface area contributed by atoms with Crippen molar-refractivity contribution in [2.75, 3.05) is 0 Å². The van der Waals surface area contributed by atoms with E-state index in [-0.39, 0.29) is 75.2 Å². The van der Waals surface area contributed by atoms with Gasteiger partial charge in [0.15, 0.2) is 0 Å². The van der Waals surface area contributed by atoms with Gasteiger partial charge >= 0.3 is 31.6 Å². The van der Waals surface area contributed by atoms with Crippen molar-refractivity contribution in [3.63, 3.8) is 0 Å². The van der Waals surface area contributed by atoms with E-state index in [0.717, 1.165) is 5.56 Å². The minimum Gasteiger partial charge on any atom is -0.551 e. The number of phenols is 2. The van der Waals surface area contributed by atoms with Crippen LogP contribution in [0.5, 0.6) is 17.2 Å². The zero-order valence-corrected chi connectivity index (χ0v) is 35.7. The molecule has 352 valence electrons. The summed E-state index contributed by atoms with van der Waals surface area (Å²) in [6.45, 7) is -2.54. The lowest BCUT2D eigenvalue weighted by atomic mass is 9.54. The zero-order valence-electron chi connectivity index (χ0n) is 35.7. The van der Waals surface area contributed by atoms with Gasteiger partial charge in [0.25, 0.3) is 0 Å². The van der Waals surface area contributed by atoms with E-state index in [1.165, 1.54) is 18.2 Å². The van der Waals surface area contributed by atoms with E-state index in [4.69, 9.17) is 4.65 Å². The highest BCUT2D eigenvalue weighted by atomic mass is 19.4. The number of hydrogen-bond acceptors (Lipinski definition) is 3. The normalized spacial score (nSPS) is 12.4. The van der Waals surface area contributed by atoms with Crippen molar-refractivity contribution in [3.05, 3.63) is 198 Å².